The van der Waals surface area contributed by atoms with Crippen LogP contribution in [0.5, 0.6) is 0 Å². The molecule has 5 rings (SSSR count). The van der Waals surface area contributed by atoms with Gasteiger partial charge in [-0.3, -0.25) is 4.79 Å². The Hall–Kier alpha value is -2.84. The highest BCUT2D eigenvalue weighted by Crippen LogP contribution is 2.39. The van der Waals surface area contributed by atoms with E-state index in [1.54, 1.807) is 9.42 Å². The maximum Gasteiger partial charge on any atom is 0.293 e. The Morgan fingerprint density at radius 3 is 2.76 bits per heavy atom. The van der Waals surface area contributed by atoms with Crippen LogP contribution in [0.1, 0.15) is 52.5 Å². The van der Waals surface area contributed by atoms with Crippen LogP contribution in [0.15, 0.2) is 12.3 Å². The van der Waals surface area contributed by atoms with Crippen molar-refractivity contribution in [3.63, 3.8) is 0 Å². The molecule has 9 heteroatoms. The van der Waals surface area contributed by atoms with Gasteiger partial charge in [0.2, 0.25) is 5.82 Å². The van der Waals surface area contributed by atoms with Crippen molar-refractivity contribution in [3.8, 4) is 0 Å². The summed E-state index contributed by atoms with van der Waals surface area (Å²) in [5.41, 5.74) is 2.84. The summed E-state index contributed by atoms with van der Waals surface area (Å²) >= 11 is 0. The lowest BCUT2D eigenvalue weighted by molar-refractivity contribution is 0.0486. The quantitative estimate of drug-likeness (QED) is 0.704. The molecule has 2 aliphatic rings. The lowest BCUT2D eigenvalue weighted by atomic mass is 10.1. The largest absolute Gasteiger partial charge is 0.331 e. The zero-order chi connectivity index (χ0) is 17.1. The molecule has 1 saturated heterocycles. The summed E-state index contributed by atoms with van der Waals surface area (Å²) in [6, 6.07) is 2.10. The van der Waals surface area contributed by atoms with Gasteiger partial charge in [-0.25, -0.2) is 14.2 Å². The smallest absolute Gasteiger partial charge is 0.293 e. The topological polar surface area (TPSA) is 94.1 Å². The highest BCUT2D eigenvalue weighted by molar-refractivity contribution is 5.91. The van der Waals surface area contributed by atoms with Crippen molar-refractivity contribution in [2.45, 2.75) is 38.6 Å². The number of amides is 1. The Kier molecular flexibility index (Phi) is 2.94. The molecule has 0 unspecified atom stereocenters. The van der Waals surface area contributed by atoms with Crippen molar-refractivity contribution < 1.29 is 4.79 Å². The molecule has 0 N–H and O–H groups in total. The molecule has 0 spiro atoms. The van der Waals surface area contributed by atoms with E-state index in [1.807, 2.05) is 30.8 Å². The van der Waals surface area contributed by atoms with Crippen molar-refractivity contribution in [2.75, 3.05) is 13.1 Å². The average Bonchev–Trinajstić information content (AvgIpc) is 3.10. The highest BCUT2D eigenvalue weighted by Gasteiger charge is 2.36. The fraction of sp³-hybridized carbons (Fsp3) is 0.500. The Morgan fingerprint density at radius 1 is 1.20 bits per heavy atom. The molecule has 0 radical (unpaired) electrons. The minimum Gasteiger partial charge on any atom is -0.331 e. The molecule has 9 nitrogen and oxygen atoms in total. The maximum atomic E-state index is 12.6. The fourth-order valence-electron chi connectivity index (χ4n) is 3.22. The Balaban J connectivity index is 1.31. The molecule has 1 saturated carbocycles. The van der Waals surface area contributed by atoms with Gasteiger partial charge in [0.15, 0.2) is 0 Å². The third-order valence-corrected chi connectivity index (χ3v) is 4.86. The van der Waals surface area contributed by atoms with Gasteiger partial charge >= 0.3 is 0 Å². The molecule has 4 heterocycles. The molecule has 128 valence electrons. The number of fused-ring (bicyclic) bond motifs is 1. The SMILES string of the molecule is Cc1cc(C)n2nc(C(=O)N3CC(n4cc(C5CC5)nn4)C3)nc2n1. The first kappa shape index (κ1) is 14.5. The van der Waals surface area contributed by atoms with E-state index in [1.165, 1.54) is 12.8 Å². The van der Waals surface area contributed by atoms with Gasteiger partial charge in [-0.1, -0.05) is 5.21 Å². The minimum atomic E-state index is -0.165. The monoisotopic (exact) mass is 338 g/mol. The minimum absolute atomic E-state index is 0.165. The van der Waals surface area contributed by atoms with Crippen molar-refractivity contribution in [2.24, 2.45) is 0 Å². The van der Waals surface area contributed by atoms with Crippen LogP contribution < -0.4 is 0 Å². The summed E-state index contributed by atoms with van der Waals surface area (Å²) in [6.07, 6.45) is 4.43. The predicted octanol–water partition coefficient (Wildman–Crippen LogP) is 0.907. The molecule has 1 aliphatic carbocycles. The number of aryl methyl sites for hydroxylation is 2. The van der Waals surface area contributed by atoms with Crippen molar-refractivity contribution in [1.82, 2.24) is 39.5 Å². The lowest BCUT2D eigenvalue weighted by Gasteiger charge is -2.38. The Bertz CT molecular complexity index is 979. The first-order valence-electron chi connectivity index (χ1n) is 8.50. The molecular formula is C16H18N8O. The van der Waals surface area contributed by atoms with Crippen LogP contribution in [0.2, 0.25) is 0 Å². The number of rotatable bonds is 3. The lowest BCUT2D eigenvalue weighted by Crippen LogP contribution is -2.51. The zero-order valence-electron chi connectivity index (χ0n) is 14.1. The molecule has 1 aliphatic heterocycles. The Morgan fingerprint density at radius 2 is 2.00 bits per heavy atom. The molecule has 25 heavy (non-hydrogen) atoms. The van der Waals surface area contributed by atoms with Gasteiger partial charge in [-0.15, -0.1) is 10.2 Å². The fourth-order valence-corrected chi connectivity index (χ4v) is 3.22. The molecule has 2 fully saturated rings. The van der Waals surface area contributed by atoms with E-state index >= 15 is 0 Å². The molecular weight excluding hydrogens is 320 g/mol. The van der Waals surface area contributed by atoms with E-state index in [0.717, 1.165) is 17.1 Å². The number of carbonyl (C=O) groups is 1. The van der Waals surface area contributed by atoms with Gasteiger partial charge in [0.1, 0.15) is 0 Å². The van der Waals surface area contributed by atoms with Crippen molar-refractivity contribution in [1.29, 1.82) is 0 Å². The third kappa shape index (κ3) is 2.38. The number of hydrogen-bond acceptors (Lipinski definition) is 6. The number of carbonyl (C=O) groups excluding carboxylic acids is 1. The van der Waals surface area contributed by atoms with Crippen LogP contribution >= 0.6 is 0 Å². The van der Waals surface area contributed by atoms with E-state index in [4.69, 9.17) is 0 Å². The highest BCUT2D eigenvalue weighted by atomic mass is 16.2. The van der Waals surface area contributed by atoms with Gasteiger partial charge in [0.05, 0.1) is 11.7 Å². The van der Waals surface area contributed by atoms with E-state index in [-0.39, 0.29) is 17.8 Å². The molecule has 1 amide bonds. The van der Waals surface area contributed by atoms with Gasteiger partial charge in [-0.2, -0.15) is 4.98 Å². The average molecular weight is 338 g/mol. The van der Waals surface area contributed by atoms with Crippen molar-refractivity contribution in [3.05, 3.63) is 35.2 Å². The summed E-state index contributed by atoms with van der Waals surface area (Å²) in [5, 5.41) is 12.7. The molecule has 3 aromatic heterocycles. The van der Waals surface area contributed by atoms with E-state index in [9.17, 15) is 4.79 Å². The second-order valence-corrected chi connectivity index (χ2v) is 6.95. The maximum absolute atomic E-state index is 12.6. The van der Waals surface area contributed by atoms with Crippen LogP contribution in [-0.4, -0.2) is 58.5 Å². The van der Waals surface area contributed by atoms with Crippen LogP contribution in [0.3, 0.4) is 0 Å². The van der Waals surface area contributed by atoms with Crippen LogP contribution in [0.4, 0.5) is 0 Å². The molecule has 0 atom stereocenters. The normalized spacial score (nSPS) is 17.9. The second kappa shape index (κ2) is 5.08. The van der Waals surface area contributed by atoms with E-state index in [0.29, 0.717) is 24.8 Å². The first-order valence-corrected chi connectivity index (χ1v) is 8.50. The number of likely N-dealkylation sites (tertiary alicyclic amines) is 1. The third-order valence-electron chi connectivity index (χ3n) is 4.86. The van der Waals surface area contributed by atoms with Gasteiger partial charge < -0.3 is 4.90 Å². The van der Waals surface area contributed by atoms with Gasteiger partial charge in [0.25, 0.3) is 11.7 Å². The van der Waals surface area contributed by atoms with E-state index in [2.05, 4.69) is 25.4 Å². The number of aromatic nitrogens is 7. The van der Waals surface area contributed by atoms with Crippen LogP contribution in [0.25, 0.3) is 5.78 Å². The Labute approximate surface area is 143 Å². The number of nitrogens with zero attached hydrogens (tertiary/aromatic N) is 8. The second-order valence-electron chi connectivity index (χ2n) is 6.95. The summed E-state index contributed by atoms with van der Waals surface area (Å²) in [4.78, 5) is 23.0. The predicted molar refractivity (Wildman–Crippen MR) is 87.2 cm³/mol. The zero-order valence-corrected chi connectivity index (χ0v) is 14.1. The van der Waals surface area contributed by atoms with Crippen LogP contribution in [-0.2, 0) is 0 Å². The van der Waals surface area contributed by atoms with Gasteiger partial charge in [0, 0.05) is 36.6 Å². The number of hydrogen-bond donors (Lipinski definition) is 0. The van der Waals surface area contributed by atoms with Crippen molar-refractivity contribution >= 4 is 11.7 Å². The summed E-state index contributed by atoms with van der Waals surface area (Å²) in [7, 11) is 0. The first-order chi connectivity index (χ1) is 12.1. The van der Waals surface area contributed by atoms with Gasteiger partial charge in [-0.05, 0) is 32.8 Å². The summed E-state index contributed by atoms with van der Waals surface area (Å²) in [5.74, 6) is 1.08. The molecule has 0 bridgehead atoms. The standard InChI is InChI=1S/C16H18N8O/c1-9-5-10(2)24-16(17-9)18-14(20-24)15(25)22-6-12(7-22)23-8-13(19-21-23)11-3-4-11/h5,8,11-12H,3-4,6-7H2,1-2H3. The summed E-state index contributed by atoms with van der Waals surface area (Å²) in [6.45, 7) is 5.03. The van der Waals surface area contributed by atoms with Crippen LogP contribution in [0, 0.1) is 13.8 Å². The molecule has 3 aromatic rings. The van der Waals surface area contributed by atoms with E-state index < -0.39 is 0 Å². The molecule has 0 aromatic carbocycles. The summed E-state index contributed by atoms with van der Waals surface area (Å²) < 4.78 is 3.49.